The molecule has 0 spiro atoms. The number of imidazole rings is 1. The first kappa shape index (κ1) is 11.3. The lowest BCUT2D eigenvalue weighted by molar-refractivity contribution is 0.223. The second-order valence-corrected chi connectivity index (χ2v) is 5.09. The Kier molecular flexibility index (Phi) is 2.78. The summed E-state index contributed by atoms with van der Waals surface area (Å²) in [5.74, 6) is 1.34. The third-order valence-corrected chi connectivity index (χ3v) is 4.01. The van der Waals surface area contributed by atoms with Crippen LogP contribution in [0.2, 0.25) is 0 Å². The summed E-state index contributed by atoms with van der Waals surface area (Å²) in [6.07, 6.45) is 9.60. The highest BCUT2D eigenvalue weighted by Crippen LogP contribution is 2.37. The van der Waals surface area contributed by atoms with Gasteiger partial charge in [0.1, 0.15) is 5.82 Å². The van der Waals surface area contributed by atoms with E-state index in [0.717, 1.165) is 17.2 Å². The van der Waals surface area contributed by atoms with E-state index in [1.54, 1.807) is 6.20 Å². The van der Waals surface area contributed by atoms with Gasteiger partial charge in [-0.05, 0) is 37.8 Å². The van der Waals surface area contributed by atoms with Crippen molar-refractivity contribution in [2.24, 2.45) is 5.92 Å². The lowest BCUT2D eigenvalue weighted by Gasteiger charge is -2.33. The highest BCUT2D eigenvalue weighted by Gasteiger charge is 2.26. The number of aromatic nitrogens is 3. The van der Waals surface area contributed by atoms with Crippen molar-refractivity contribution < 1.29 is 0 Å². The first-order valence-corrected chi connectivity index (χ1v) is 6.49. The van der Waals surface area contributed by atoms with E-state index >= 15 is 0 Å². The molecule has 0 aliphatic heterocycles. The summed E-state index contributed by atoms with van der Waals surface area (Å²) in [6.45, 7) is 2.28. The Morgan fingerprint density at radius 1 is 1.44 bits per heavy atom. The normalized spacial score (nSPS) is 17.4. The Balaban J connectivity index is 1.95. The van der Waals surface area contributed by atoms with Gasteiger partial charge in [-0.3, -0.25) is 0 Å². The molecule has 4 heteroatoms. The molecular weight excluding hydrogens is 224 g/mol. The maximum absolute atomic E-state index is 5.75. The fourth-order valence-corrected chi connectivity index (χ4v) is 2.61. The minimum Gasteiger partial charge on any atom is -0.384 e. The summed E-state index contributed by atoms with van der Waals surface area (Å²) < 4.78 is 2.26. The van der Waals surface area contributed by atoms with Gasteiger partial charge in [0.05, 0.1) is 18.2 Å². The molecule has 2 aromatic rings. The zero-order valence-corrected chi connectivity index (χ0v) is 10.6. The molecule has 2 aromatic heterocycles. The van der Waals surface area contributed by atoms with E-state index in [4.69, 9.17) is 5.73 Å². The minimum absolute atomic E-state index is 0.505. The molecule has 0 radical (unpaired) electrons. The molecule has 1 saturated carbocycles. The van der Waals surface area contributed by atoms with Crippen molar-refractivity contribution in [2.75, 3.05) is 5.73 Å². The van der Waals surface area contributed by atoms with Gasteiger partial charge in [-0.1, -0.05) is 6.42 Å². The molecule has 0 saturated heterocycles. The van der Waals surface area contributed by atoms with Crippen LogP contribution in [0.3, 0.4) is 0 Å². The first-order valence-electron chi connectivity index (χ1n) is 6.49. The van der Waals surface area contributed by atoms with Crippen LogP contribution in [0.4, 0.5) is 5.82 Å². The molecule has 0 amide bonds. The maximum Gasteiger partial charge on any atom is 0.123 e. The predicted octanol–water partition coefficient (Wildman–Crippen LogP) is 2.89. The van der Waals surface area contributed by atoms with Gasteiger partial charge in [-0.25, -0.2) is 9.97 Å². The number of rotatable bonds is 3. The molecule has 4 nitrogen and oxygen atoms in total. The number of hydrogen-bond donors (Lipinski definition) is 1. The van der Waals surface area contributed by atoms with Crippen LogP contribution < -0.4 is 5.73 Å². The highest BCUT2D eigenvalue weighted by atomic mass is 15.1. The predicted molar refractivity (Wildman–Crippen MR) is 71.9 cm³/mol. The van der Waals surface area contributed by atoms with Crippen LogP contribution in [-0.2, 0) is 0 Å². The molecule has 0 bridgehead atoms. The van der Waals surface area contributed by atoms with Crippen molar-refractivity contribution in [1.82, 2.24) is 14.5 Å². The molecule has 18 heavy (non-hydrogen) atoms. The monoisotopic (exact) mass is 242 g/mol. The van der Waals surface area contributed by atoms with Crippen molar-refractivity contribution in [3.63, 3.8) is 0 Å². The van der Waals surface area contributed by atoms with Gasteiger partial charge in [0.25, 0.3) is 0 Å². The van der Waals surface area contributed by atoms with Gasteiger partial charge in [0.15, 0.2) is 0 Å². The van der Waals surface area contributed by atoms with Crippen molar-refractivity contribution >= 4 is 5.82 Å². The summed E-state index contributed by atoms with van der Waals surface area (Å²) >= 11 is 0. The minimum atomic E-state index is 0.505. The van der Waals surface area contributed by atoms with Crippen LogP contribution in [0, 0.1) is 5.92 Å². The number of hydrogen-bond acceptors (Lipinski definition) is 3. The molecular formula is C14H18N4. The standard InChI is InChI=1S/C14H18N4/c1-10(11-3-2-4-11)18-9-16-8-13(18)12-5-6-17-14(15)7-12/h5-11H,2-4H2,1H3,(H2,15,17). The molecule has 2 heterocycles. The van der Waals surface area contributed by atoms with E-state index in [1.807, 2.05) is 24.7 Å². The number of nitrogens with zero attached hydrogens (tertiary/aromatic N) is 3. The largest absolute Gasteiger partial charge is 0.384 e. The fraction of sp³-hybridized carbons (Fsp3) is 0.429. The van der Waals surface area contributed by atoms with Crippen LogP contribution in [0.25, 0.3) is 11.3 Å². The zero-order chi connectivity index (χ0) is 12.5. The van der Waals surface area contributed by atoms with Crippen LogP contribution in [0.1, 0.15) is 32.2 Å². The molecule has 1 aliphatic carbocycles. The highest BCUT2D eigenvalue weighted by molar-refractivity contribution is 5.61. The van der Waals surface area contributed by atoms with Crippen LogP contribution in [0.15, 0.2) is 30.9 Å². The van der Waals surface area contributed by atoms with Crippen molar-refractivity contribution in [3.05, 3.63) is 30.9 Å². The van der Waals surface area contributed by atoms with Gasteiger partial charge in [-0.15, -0.1) is 0 Å². The zero-order valence-electron chi connectivity index (χ0n) is 10.6. The van der Waals surface area contributed by atoms with Crippen LogP contribution in [-0.4, -0.2) is 14.5 Å². The second-order valence-electron chi connectivity index (χ2n) is 5.09. The van der Waals surface area contributed by atoms with E-state index in [0.29, 0.717) is 11.9 Å². The van der Waals surface area contributed by atoms with Crippen LogP contribution in [0.5, 0.6) is 0 Å². The molecule has 94 valence electrons. The fourth-order valence-electron chi connectivity index (χ4n) is 2.61. The van der Waals surface area contributed by atoms with E-state index in [9.17, 15) is 0 Å². The molecule has 1 atom stereocenters. The SMILES string of the molecule is CC(C1CCC1)n1cncc1-c1ccnc(N)c1. The first-order chi connectivity index (χ1) is 8.75. The third-order valence-electron chi connectivity index (χ3n) is 4.01. The molecule has 3 rings (SSSR count). The van der Waals surface area contributed by atoms with Crippen molar-refractivity contribution in [2.45, 2.75) is 32.2 Å². The van der Waals surface area contributed by atoms with E-state index < -0.39 is 0 Å². The Morgan fingerprint density at radius 3 is 2.94 bits per heavy atom. The Hall–Kier alpha value is -1.84. The Labute approximate surface area is 107 Å². The van der Waals surface area contributed by atoms with E-state index in [1.165, 1.54) is 19.3 Å². The molecule has 1 unspecified atom stereocenters. The smallest absolute Gasteiger partial charge is 0.123 e. The second kappa shape index (κ2) is 4.44. The Bertz CT molecular complexity index is 542. The average molecular weight is 242 g/mol. The lowest BCUT2D eigenvalue weighted by Crippen LogP contribution is -2.22. The third kappa shape index (κ3) is 1.88. The quantitative estimate of drug-likeness (QED) is 0.900. The van der Waals surface area contributed by atoms with Gasteiger partial charge in [0, 0.05) is 17.8 Å². The van der Waals surface area contributed by atoms with Gasteiger partial charge in [-0.2, -0.15) is 0 Å². The van der Waals surface area contributed by atoms with Gasteiger partial charge in [0.2, 0.25) is 0 Å². The lowest BCUT2D eigenvalue weighted by atomic mass is 9.80. The number of nitrogen functional groups attached to an aromatic ring is 1. The summed E-state index contributed by atoms with van der Waals surface area (Å²) in [5, 5.41) is 0. The maximum atomic E-state index is 5.75. The molecule has 1 fully saturated rings. The van der Waals surface area contributed by atoms with Gasteiger partial charge >= 0.3 is 0 Å². The molecule has 1 aliphatic rings. The topological polar surface area (TPSA) is 56.7 Å². The number of anilines is 1. The summed E-state index contributed by atoms with van der Waals surface area (Å²) in [4.78, 5) is 8.33. The molecule has 0 aromatic carbocycles. The van der Waals surface area contributed by atoms with Crippen LogP contribution >= 0.6 is 0 Å². The van der Waals surface area contributed by atoms with E-state index in [2.05, 4.69) is 21.5 Å². The van der Waals surface area contributed by atoms with Crippen molar-refractivity contribution in [3.8, 4) is 11.3 Å². The van der Waals surface area contributed by atoms with E-state index in [-0.39, 0.29) is 0 Å². The summed E-state index contributed by atoms with van der Waals surface area (Å²) in [7, 11) is 0. The number of pyridine rings is 1. The molecule has 2 N–H and O–H groups in total. The number of nitrogens with two attached hydrogens (primary N) is 1. The summed E-state index contributed by atoms with van der Waals surface area (Å²) in [6, 6.07) is 4.39. The summed E-state index contributed by atoms with van der Waals surface area (Å²) in [5.41, 5.74) is 7.96. The van der Waals surface area contributed by atoms with Gasteiger partial charge < -0.3 is 10.3 Å². The van der Waals surface area contributed by atoms with Crippen molar-refractivity contribution in [1.29, 1.82) is 0 Å². The Morgan fingerprint density at radius 2 is 2.28 bits per heavy atom. The average Bonchev–Trinajstić information content (AvgIpc) is 2.75.